The minimum atomic E-state index is -6.09. The molecular formula is C8H5F5O3. The third-order valence-electron chi connectivity index (χ3n) is 2.19. The zero-order valence-corrected chi connectivity index (χ0v) is 7.61. The predicted molar refractivity (Wildman–Crippen MR) is 38.7 cm³/mol. The molecule has 0 heterocycles. The first-order valence-electron chi connectivity index (χ1n) is 4.13. The molecule has 0 atom stereocenters. The third kappa shape index (κ3) is 1.83. The molecule has 1 aliphatic rings. The molecule has 1 rings (SSSR count). The first-order chi connectivity index (χ1) is 7.09. The van der Waals surface area contributed by atoms with Gasteiger partial charge >= 0.3 is 12.1 Å². The molecule has 0 bridgehead atoms. The summed E-state index contributed by atoms with van der Waals surface area (Å²) in [6, 6.07) is 0. The van der Waals surface area contributed by atoms with Crippen LogP contribution in [0.3, 0.4) is 0 Å². The van der Waals surface area contributed by atoms with E-state index in [1.54, 1.807) is 0 Å². The fourth-order valence-corrected chi connectivity index (χ4v) is 1.33. The van der Waals surface area contributed by atoms with E-state index in [0.717, 1.165) is 0 Å². The van der Waals surface area contributed by atoms with Crippen molar-refractivity contribution in [2.75, 3.05) is 0 Å². The summed E-state index contributed by atoms with van der Waals surface area (Å²) in [6.07, 6.45) is -7.03. The zero-order valence-electron chi connectivity index (χ0n) is 7.61. The van der Waals surface area contributed by atoms with Gasteiger partial charge in [0.2, 0.25) is 5.78 Å². The molecule has 3 nitrogen and oxygen atoms in total. The lowest BCUT2D eigenvalue weighted by atomic mass is 9.95. The van der Waals surface area contributed by atoms with Gasteiger partial charge in [-0.3, -0.25) is 14.4 Å². The Kier molecular flexibility index (Phi) is 2.86. The van der Waals surface area contributed by atoms with Crippen molar-refractivity contribution < 1.29 is 36.3 Å². The van der Waals surface area contributed by atoms with Gasteiger partial charge < -0.3 is 0 Å². The van der Waals surface area contributed by atoms with E-state index in [1.807, 2.05) is 0 Å². The van der Waals surface area contributed by atoms with E-state index in [0.29, 0.717) is 0 Å². The standard InChI is InChI=1S/C8H5F5O3/c9-7(10,8(11,12)13)6(16)5-3(14)1-2-4(5)15/h5H,1-2H2. The number of carbonyl (C=O) groups excluding carboxylic acids is 3. The zero-order chi connectivity index (χ0) is 12.7. The molecule has 0 aromatic carbocycles. The number of alkyl halides is 5. The summed E-state index contributed by atoms with van der Waals surface area (Å²) in [4.78, 5) is 32.5. The first kappa shape index (κ1) is 12.7. The van der Waals surface area contributed by atoms with Crippen molar-refractivity contribution in [1.29, 1.82) is 0 Å². The molecule has 8 heteroatoms. The Morgan fingerprint density at radius 3 is 1.69 bits per heavy atom. The largest absolute Gasteiger partial charge is 0.461 e. The molecule has 1 saturated carbocycles. The van der Waals surface area contributed by atoms with Gasteiger partial charge in [0.25, 0.3) is 0 Å². The minimum Gasteiger partial charge on any atom is -0.298 e. The Morgan fingerprint density at radius 2 is 1.38 bits per heavy atom. The normalized spacial score (nSPS) is 19.3. The highest BCUT2D eigenvalue weighted by Crippen LogP contribution is 2.39. The van der Waals surface area contributed by atoms with Gasteiger partial charge in [-0.05, 0) is 0 Å². The Balaban J connectivity index is 3.03. The summed E-state index contributed by atoms with van der Waals surface area (Å²) in [6.45, 7) is 0. The van der Waals surface area contributed by atoms with Crippen molar-refractivity contribution >= 4 is 17.3 Å². The topological polar surface area (TPSA) is 51.2 Å². The van der Waals surface area contributed by atoms with Crippen LogP contribution < -0.4 is 0 Å². The lowest BCUT2D eigenvalue weighted by Crippen LogP contribution is -2.49. The molecule has 0 saturated heterocycles. The number of rotatable bonds is 2. The molecular weight excluding hydrogens is 239 g/mol. The highest BCUT2D eigenvalue weighted by molar-refractivity contribution is 6.24. The van der Waals surface area contributed by atoms with Crippen molar-refractivity contribution in [3.63, 3.8) is 0 Å². The van der Waals surface area contributed by atoms with E-state index < -0.39 is 48.2 Å². The second kappa shape index (κ2) is 3.60. The van der Waals surface area contributed by atoms with Gasteiger partial charge in [-0.15, -0.1) is 0 Å². The molecule has 0 aliphatic heterocycles. The highest BCUT2D eigenvalue weighted by atomic mass is 19.4. The van der Waals surface area contributed by atoms with E-state index >= 15 is 0 Å². The number of halogens is 5. The number of hydrogen-bond acceptors (Lipinski definition) is 3. The lowest BCUT2D eigenvalue weighted by Gasteiger charge is -2.19. The molecule has 90 valence electrons. The van der Waals surface area contributed by atoms with Gasteiger partial charge in [0.15, 0.2) is 11.6 Å². The molecule has 1 aliphatic carbocycles. The van der Waals surface area contributed by atoms with Crippen molar-refractivity contribution in [2.45, 2.75) is 24.9 Å². The van der Waals surface area contributed by atoms with E-state index in [2.05, 4.69) is 0 Å². The molecule has 0 amide bonds. The van der Waals surface area contributed by atoms with Crippen molar-refractivity contribution in [2.24, 2.45) is 5.92 Å². The Labute approximate surface area is 85.6 Å². The van der Waals surface area contributed by atoms with Gasteiger partial charge in [-0.1, -0.05) is 0 Å². The van der Waals surface area contributed by atoms with Gasteiger partial charge in [0.05, 0.1) is 0 Å². The molecule has 0 unspecified atom stereocenters. The second-order valence-corrected chi connectivity index (χ2v) is 3.30. The minimum absolute atomic E-state index is 0.469. The smallest absolute Gasteiger partial charge is 0.298 e. The first-order valence-corrected chi connectivity index (χ1v) is 4.13. The average molecular weight is 244 g/mol. The van der Waals surface area contributed by atoms with Crippen molar-refractivity contribution in [1.82, 2.24) is 0 Å². The summed E-state index contributed by atoms with van der Waals surface area (Å²) < 4.78 is 60.5. The predicted octanol–water partition coefficient (Wildman–Crippen LogP) is 1.30. The van der Waals surface area contributed by atoms with Crippen LogP contribution in [0.5, 0.6) is 0 Å². The van der Waals surface area contributed by atoms with Crippen LogP contribution >= 0.6 is 0 Å². The molecule has 0 aromatic heterocycles. The van der Waals surface area contributed by atoms with Crippen LogP contribution in [0, 0.1) is 5.92 Å². The van der Waals surface area contributed by atoms with Crippen LogP contribution in [0.15, 0.2) is 0 Å². The monoisotopic (exact) mass is 244 g/mol. The number of Topliss-reactive ketones (excluding diaryl/α,β-unsaturated/α-hetero) is 3. The summed E-state index contributed by atoms with van der Waals surface area (Å²) in [5, 5.41) is 0. The van der Waals surface area contributed by atoms with Crippen LogP contribution in [0.2, 0.25) is 0 Å². The second-order valence-electron chi connectivity index (χ2n) is 3.30. The Bertz CT molecular complexity index is 341. The van der Waals surface area contributed by atoms with Crippen LogP contribution in [-0.2, 0) is 14.4 Å². The fourth-order valence-electron chi connectivity index (χ4n) is 1.33. The number of carbonyl (C=O) groups is 3. The van der Waals surface area contributed by atoms with Crippen LogP contribution in [0.25, 0.3) is 0 Å². The quantitative estimate of drug-likeness (QED) is 0.543. The van der Waals surface area contributed by atoms with Gasteiger partial charge in [-0.2, -0.15) is 22.0 Å². The SMILES string of the molecule is O=C1CCC(=O)C1C(=O)C(F)(F)C(F)(F)F. The van der Waals surface area contributed by atoms with Crippen LogP contribution in [-0.4, -0.2) is 29.4 Å². The van der Waals surface area contributed by atoms with E-state index in [-0.39, 0.29) is 0 Å². The third-order valence-corrected chi connectivity index (χ3v) is 2.19. The summed E-state index contributed by atoms with van der Waals surface area (Å²) in [7, 11) is 0. The fraction of sp³-hybridized carbons (Fsp3) is 0.625. The van der Waals surface area contributed by atoms with Crippen molar-refractivity contribution in [3.05, 3.63) is 0 Å². The van der Waals surface area contributed by atoms with E-state index in [4.69, 9.17) is 0 Å². The lowest BCUT2D eigenvalue weighted by molar-refractivity contribution is -0.269. The maximum absolute atomic E-state index is 12.5. The molecule has 1 fully saturated rings. The molecule has 16 heavy (non-hydrogen) atoms. The van der Waals surface area contributed by atoms with Crippen LogP contribution in [0.1, 0.15) is 12.8 Å². The van der Waals surface area contributed by atoms with Crippen LogP contribution in [0.4, 0.5) is 22.0 Å². The van der Waals surface area contributed by atoms with Gasteiger partial charge in [-0.25, -0.2) is 0 Å². The number of ketones is 3. The maximum Gasteiger partial charge on any atom is 0.461 e. The molecule has 0 aromatic rings. The van der Waals surface area contributed by atoms with E-state index in [1.165, 1.54) is 0 Å². The Hall–Kier alpha value is -1.34. The molecule has 0 spiro atoms. The molecule has 0 radical (unpaired) electrons. The average Bonchev–Trinajstić information content (AvgIpc) is 2.43. The number of hydrogen-bond donors (Lipinski definition) is 0. The van der Waals surface area contributed by atoms with Gasteiger partial charge in [0.1, 0.15) is 5.92 Å². The van der Waals surface area contributed by atoms with E-state index in [9.17, 15) is 36.3 Å². The highest BCUT2D eigenvalue weighted by Gasteiger charge is 2.66. The van der Waals surface area contributed by atoms with Gasteiger partial charge in [0, 0.05) is 12.8 Å². The maximum atomic E-state index is 12.5. The Morgan fingerprint density at radius 1 is 1.00 bits per heavy atom. The molecule has 0 N–H and O–H groups in total. The van der Waals surface area contributed by atoms with Crippen molar-refractivity contribution in [3.8, 4) is 0 Å². The summed E-state index contributed by atoms with van der Waals surface area (Å²) >= 11 is 0. The summed E-state index contributed by atoms with van der Waals surface area (Å²) in [5.74, 6) is -13.2. The summed E-state index contributed by atoms with van der Waals surface area (Å²) in [5.41, 5.74) is 0.